The van der Waals surface area contributed by atoms with Crippen LogP contribution in [0.2, 0.25) is 0 Å². The number of Topliss-reactive ketones (excluding diaryl/α,β-unsaturated/α-hetero) is 1. The van der Waals surface area contributed by atoms with Crippen molar-refractivity contribution in [3.8, 4) is 0 Å². The molecule has 0 amide bonds. The molecule has 0 aromatic carbocycles. The van der Waals surface area contributed by atoms with Gasteiger partial charge in [0.1, 0.15) is 5.78 Å². The molecule has 0 aliphatic heterocycles. The van der Waals surface area contributed by atoms with Crippen molar-refractivity contribution in [2.24, 2.45) is 0 Å². The first-order chi connectivity index (χ1) is 11.2. The molecule has 23 heavy (non-hydrogen) atoms. The van der Waals surface area contributed by atoms with Gasteiger partial charge in [-0.15, -0.1) is 0 Å². The summed E-state index contributed by atoms with van der Waals surface area (Å²) in [4.78, 5) is 11.2. The van der Waals surface area contributed by atoms with Gasteiger partial charge in [0.15, 0.2) is 0 Å². The highest BCUT2D eigenvalue weighted by Gasteiger charge is 2.07. The van der Waals surface area contributed by atoms with E-state index in [4.69, 9.17) is 0 Å². The van der Waals surface area contributed by atoms with Crippen LogP contribution in [0.1, 0.15) is 123 Å². The van der Waals surface area contributed by atoms with E-state index in [-0.39, 0.29) is 10.6 Å². The van der Waals surface area contributed by atoms with E-state index in [0.717, 1.165) is 6.42 Å². The molecule has 0 fully saturated rings. The van der Waals surface area contributed by atoms with E-state index in [9.17, 15) is 4.79 Å². The molecule has 0 aliphatic rings. The Balaban J connectivity index is 3.04. The first-order valence-corrected chi connectivity index (χ1v) is 11.2. The smallest absolute Gasteiger partial charge is 0.143 e. The third-order valence-electron chi connectivity index (χ3n) is 4.75. The standard InChI is InChI=1S/C21H41BrO/c1-3-4-5-6-7-8-9-10-11-12-13-14-15-16-17-18-19-21(22)20(2)23/h21H,3-19H2,1-2H3. The molecule has 0 N–H and O–H groups in total. The lowest BCUT2D eigenvalue weighted by Gasteiger charge is -2.05. The van der Waals surface area contributed by atoms with Gasteiger partial charge in [-0.05, 0) is 13.3 Å². The van der Waals surface area contributed by atoms with Crippen LogP contribution in [-0.4, -0.2) is 10.6 Å². The molecule has 0 bridgehead atoms. The SMILES string of the molecule is CCCCCCCCCCCCCCCCCCC(Br)C(C)=O. The van der Waals surface area contributed by atoms with Gasteiger partial charge in [-0.25, -0.2) is 0 Å². The summed E-state index contributed by atoms with van der Waals surface area (Å²) in [5.74, 6) is 0.269. The van der Waals surface area contributed by atoms with E-state index in [1.807, 2.05) is 0 Å². The van der Waals surface area contributed by atoms with Gasteiger partial charge >= 0.3 is 0 Å². The van der Waals surface area contributed by atoms with Crippen LogP contribution in [0.5, 0.6) is 0 Å². The van der Waals surface area contributed by atoms with Gasteiger partial charge in [0.2, 0.25) is 0 Å². The lowest BCUT2D eigenvalue weighted by atomic mass is 10.0. The molecule has 0 saturated heterocycles. The van der Waals surface area contributed by atoms with Crippen molar-refractivity contribution in [3.05, 3.63) is 0 Å². The number of hydrogen-bond acceptors (Lipinski definition) is 1. The predicted molar refractivity (Wildman–Crippen MR) is 108 cm³/mol. The number of carbonyl (C=O) groups is 1. The molecule has 0 saturated carbocycles. The van der Waals surface area contributed by atoms with Crippen LogP contribution in [0.3, 0.4) is 0 Å². The average Bonchev–Trinajstić information content (AvgIpc) is 2.54. The maximum absolute atomic E-state index is 11.1. The maximum atomic E-state index is 11.1. The zero-order chi connectivity index (χ0) is 17.2. The Morgan fingerprint density at radius 1 is 0.652 bits per heavy atom. The fraction of sp³-hybridized carbons (Fsp3) is 0.952. The summed E-state index contributed by atoms with van der Waals surface area (Å²) in [5, 5.41) is 0. The molecule has 0 rings (SSSR count). The van der Waals surface area contributed by atoms with Crippen LogP contribution in [0.4, 0.5) is 0 Å². The van der Waals surface area contributed by atoms with Crippen molar-refractivity contribution in [1.29, 1.82) is 0 Å². The van der Waals surface area contributed by atoms with Crippen molar-refractivity contribution < 1.29 is 4.79 Å². The first kappa shape index (κ1) is 23.1. The third-order valence-corrected chi connectivity index (χ3v) is 5.85. The van der Waals surface area contributed by atoms with Crippen molar-refractivity contribution in [2.45, 2.75) is 128 Å². The Kier molecular flexibility index (Phi) is 18.6. The number of alkyl halides is 1. The van der Waals surface area contributed by atoms with E-state index in [0.29, 0.717) is 0 Å². The van der Waals surface area contributed by atoms with Gasteiger partial charge < -0.3 is 0 Å². The molecule has 0 aliphatic carbocycles. The summed E-state index contributed by atoms with van der Waals surface area (Å²) in [5.41, 5.74) is 0. The Morgan fingerprint density at radius 3 is 1.26 bits per heavy atom. The molecule has 0 aromatic rings. The number of ketones is 1. The second-order valence-corrected chi connectivity index (χ2v) is 8.28. The Morgan fingerprint density at radius 2 is 0.957 bits per heavy atom. The Hall–Kier alpha value is 0.150. The number of rotatable bonds is 18. The van der Waals surface area contributed by atoms with E-state index < -0.39 is 0 Å². The van der Waals surface area contributed by atoms with Gasteiger partial charge in [-0.1, -0.05) is 126 Å². The van der Waals surface area contributed by atoms with E-state index in [1.165, 1.54) is 103 Å². The van der Waals surface area contributed by atoms with Crippen LogP contribution < -0.4 is 0 Å². The summed E-state index contributed by atoms with van der Waals surface area (Å²) in [6.45, 7) is 3.96. The van der Waals surface area contributed by atoms with E-state index in [2.05, 4.69) is 22.9 Å². The fourth-order valence-corrected chi connectivity index (χ4v) is 3.40. The Bertz CT molecular complexity index is 252. The van der Waals surface area contributed by atoms with Gasteiger partial charge in [-0.2, -0.15) is 0 Å². The fourth-order valence-electron chi connectivity index (χ4n) is 3.07. The van der Waals surface area contributed by atoms with Gasteiger partial charge in [0, 0.05) is 0 Å². The number of hydrogen-bond donors (Lipinski definition) is 0. The topological polar surface area (TPSA) is 17.1 Å². The minimum atomic E-state index is 0.0918. The van der Waals surface area contributed by atoms with Crippen molar-refractivity contribution in [3.63, 3.8) is 0 Å². The summed E-state index contributed by atoms with van der Waals surface area (Å²) in [7, 11) is 0. The largest absolute Gasteiger partial charge is 0.299 e. The zero-order valence-corrected chi connectivity index (χ0v) is 17.5. The van der Waals surface area contributed by atoms with Crippen LogP contribution in [0.15, 0.2) is 0 Å². The van der Waals surface area contributed by atoms with E-state index in [1.54, 1.807) is 6.92 Å². The number of carbonyl (C=O) groups excluding carboxylic acids is 1. The maximum Gasteiger partial charge on any atom is 0.143 e. The minimum Gasteiger partial charge on any atom is -0.299 e. The Labute approximate surface area is 154 Å². The summed E-state index contributed by atoms with van der Waals surface area (Å²) >= 11 is 3.44. The van der Waals surface area contributed by atoms with Gasteiger partial charge in [-0.3, -0.25) is 4.79 Å². The second-order valence-electron chi connectivity index (χ2n) is 7.17. The van der Waals surface area contributed by atoms with Crippen molar-refractivity contribution >= 4 is 21.7 Å². The highest BCUT2D eigenvalue weighted by Crippen LogP contribution is 2.16. The highest BCUT2D eigenvalue weighted by molar-refractivity contribution is 9.10. The van der Waals surface area contributed by atoms with Crippen LogP contribution in [-0.2, 0) is 4.79 Å². The highest BCUT2D eigenvalue weighted by atomic mass is 79.9. The molecule has 0 heterocycles. The molecule has 2 heteroatoms. The quantitative estimate of drug-likeness (QED) is 0.171. The van der Waals surface area contributed by atoms with Crippen LogP contribution >= 0.6 is 15.9 Å². The molecule has 0 aromatic heterocycles. The molecule has 1 nitrogen and oxygen atoms in total. The molecule has 138 valence electrons. The van der Waals surface area contributed by atoms with Crippen molar-refractivity contribution in [2.75, 3.05) is 0 Å². The molecule has 1 unspecified atom stereocenters. The first-order valence-electron chi connectivity index (χ1n) is 10.3. The molecular formula is C21H41BrO. The van der Waals surface area contributed by atoms with Crippen molar-refractivity contribution in [1.82, 2.24) is 0 Å². The number of halogens is 1. The average molecular weight is 389 g/mol. The summed E-state index contributed by atoms with van der Waals surface area (Å²) < 4.78 is 0. The number of unbranched alkanes of at least 4 members (excludes halogenated alkanes) is 15. The monoisotopic (exact) mass is 388 g/mol. The minimum absolute atomic E-state index is 0.0918. The van der Waals surface area contributed by atoms with E-state index >= 15 is 0 Å². The van der Waals surface area contributed by atoms with Crippen LogP contribution in [0.25, 0.3) is 0 Å². The third kappa shape index (κ3) is 18.3. The molecular weight excluding hydrogens is 348 g/mol. The molecule has 1 atom stereocenters. The summed E-state index contributed by atoms with van der Waals surface area (Å²) in [6.07, 6.45) is 23.4. The van der Waals surface area contributed by atoms with Crippen LogP contribution in [0, 0.1) is 0 Å². The van der Waals surface area contributed by atoms with Gasteiger partial charge in [0.05, 0.1) is 4.83 Å². The summed E-state index contributed by atoms with van der Waals surface area (Å²) in [6, 6.07) is 0. The normalized spacial score (nSPS) is 12.5. The van der Waals surface area contributed by atoms with Gasteiger partial charge in [0.25, 0.3) is 0 Å². The lowest BCUT2D eigenvalue weighted by molar-refractivity contribution is -0.116. The molecule has 0 spiro atoms. The molecule has 0 radical (unpaired) electrons. The lowest BCUT2D eigenvalue weighted by Crippen LogP contribution is -2.08. The second kappa shape index (κ2) is 18.5. The zero-order valence-electron chi connectivity index (χ0n) is 15.9. The predicted octanol–water partition coefficient (Wildman–Crippen LogP) is 7.99.